The van der Waals surface area contributed by atoms with E-state index in [1.807, 2.05) is 6.08 Å². The van der Waals surface area contributed by atoms with Gasteiger partial charge in [-0.05, 0) is 51.4 Å². The van der Waals surface area contributed by atoms with Gasteiger partial charge in [0.15, 0.2) is 6.29 Å². The second-order valence-electron chi connectivity index (χ2n) is 19.2. The number of carbonyl (C=O) groups excluding carboxylic acids is 1. The Balaban J connectivity index is 2.34. The maximum absolute atomic E-state index is 13.1. The number of hydrogen-bond acceptors (Lipinski definition) is 10. The van der Waals surface area contributed by atoms with Gasteiger partial charge in [0, 0.05) is 6.42 Å². The van der Waals surface area contributed by atoms with Gasteiger partial charge < -0.3 is 35.2 Å². The number of hydrogen-bond donors (Lipinski definition) is 6. The summed E-state index contributed by atoms with van der Waals surface area (Å²) in [5.74, 6) is -0.264. The number of aliphatic hydroxyl groups is 4. The number of nitrogens with one attached hydrogen (secondary N) is 1. The van der Waals surface area contributed by atoms with Crippen LogP contribution in [-0.2, 0) is 28.9 Å². The highest BCUT2D eigenvalue weighted by atomic mass is 32.3. The van der Waals surface area contributed by atoms with Crippen molar-refractivity contribution < 1.29 is 51.8 Å². The molecule has 1 aliphatic heterocycles. The maximum Gasteiger partial charge on any atom is 0.397 e. The summed E-state index contributed by atoms with van der Waals surface area (Å²) in [6.45, 7) is 3.40. The number of amides is 1. The number of carbonyl (C=O) groups is 1. The molecule has 0 radical (unpaired) electrons. The van der Waals surface area contributed by atoms with Crippen LogP contribution in [0.4, 0.5) is 0 Å². The minimum absolute atomic E-state index is 0.264. The summed E-state index contributed by atoms with van der Waals surface area (Å²) in [5.41, 5.74) is 0. The zero-order chi connectivity index (χ0) is 49.1. The van der Waals surface area contributed by atoms with Crippen LogP contribution in [0.3, 0.4) is 0 Å². The van der Waals surface area contributed by atoms with Crippen molar-refractivity contribution in [3.05, 3.63) is 36.5 Å². The van der Waals surface area contributed by atoms with E-state index in [1.165, 1.54) is 173 Å². The molecule has 13 heteroatoms. The van der Waals surface area contributed by atoms with Gasteiger partial charge in [-0.25, -0.2) is 4.18 Å². The largest absolute Gasteiger partial charge is 0.397 e. The van der Waals surface area contributed by atoms with Crippen molar-refractivity contribution in [1.29, 1.82) is 0 Å². The van der Waals surface area contributed by atoms with Gasteiger partial charge in [0.1, 0.15) is 24.4 Å². The molecule has 1 fully saturated rings. The van der Waals surface area contributed by atoms with E-state index in [1.54, 1.807) is 6.08 Å². The Morgan fingerprint density at radius 1 is 0.597 bits per heavy atom. The fourth-order valence-electron chi connectivity index (χ4n) is 8.66. The SMILES string of the molecule is CCCCCCCCCCC/C=C\C/C=C\CCCCCCCCCCCCCC(=O)NC(COC1OC(CO)C(O)C(OS(=O)(=O)O)C1O)C(O)/C=C/CCCCCCCCCCCCC. The van der Waals surface area contributed by atoms with Crippen LogP contribution in [0, 0.1) is 0 Å². The Bertz CT molecular complexity index is 1330. The summed E-state index contributed by atoms with van der Waals surface area (Å²) in [4.78, 5) is 13.1. The predicted octanol–water partition coefficient (Wildman–Crippen LogP) is 12.2. The van der Waals surface area contributed by atoms with Gasteiger partial charge in [0.05, 0.1) is 25.4 Å². The van der Waals surface area contributed by atoms with Gasteiger partial charge in [0.25, 0.3) is 0 Å². The van der Waals surface area contributed by atoms with Gasteiger partial charge in [-0.2, -0.15) is 8.42 Å². The monoisotopic (exact) mass is 972 g/mol. The van der Waals surface area contributed by atoms with E-state index in [4.69, 9.17) is 9.47 Å². The zero-order valence-electron chi connectivity index (χ0n) is 42.5. The number of allylic oxidation sites excluding steroid dienone is 5. The predicted molar refractivity (Wildman–Crippen MR) is 273 cm³/mol. The van der Waals surface area contributed by atoms with Crippen LogP contribution < -0.4 is 5.32 Å². The Morgan fingerprint density at radius 3 is 1.42 bits per heavy atom. The molecule has 0 aromatic carbocycles. The van der Waals surface area contributed by atoms with Crippen molar-refractivity contribution >= 4 is 16.3 Å². The van der Waals surface area contributed by atoms with E-state index in [0.717, 1.165) is 44.9 Å². The summed E-state index contributed by atoms with van der Waals surface area (Å²) in [6.07, 6.45) is 46.2. The highest BCUT2D eigenvalue weighted by molar-refractivity contribution is 7.80. The lowest BCUT2D eigenvalue weighted by Crippen LogP contribution is -2.61. The first-order chi connectivity index (χ1) is 32.5. The molecule has 6 N–H and O–H groups in total. The standard InChI is InChI=1S/C54H101NO11S/c1-3-5-7-9-11-13-15-17-18-19-20-21-22-23-24-25-26-27-28-29-30-32-34-36-38-40-42-44-50(58)55-47(48(57)43-41-39-37-35-33-31-16-14-12-10-8-6-4-2)46-64-54-52(60)53(66-67(61,62)63)51(59)49(45-56)65-54/h20-21,23-24,41,43,47-49,51-54,56-57,59-60H,3-19,22,25-40,42,44-46H2,1-2H3,(H,55,58)(H,61,62,63)/b21-20-,24-23-,43-41+. The first-order valence-electron chi connectivity index (χ1n) is 27.4. The number of ether oxygens (including phenoxy) is 2. The molecule has 0 saturated carbocycles. The Hall–Kier alpha value is -1.68. The highest BCUT2D eigenvalue weighted by Crippen LogP contribution is 2.26. The fourth-order valence-corrected chi connectivity index (χ4v) is 9.17. The molecule has 0 spiro atoms. The summed E-state index contributed by atoms with van der Waals surface area (Å²) < 4.78 is 47.7. The Labute approximate surface area is 409 Å². The first-order valence-corrected chi connectivity index (χ1v) is 28.7. The average molecular weight is 972 g/mol. The van der Waals surface area contributed by atoms with Gasteiger partial charge in [-0.1, -0.05) is 224 Å². The third-order valence-electron chi connectivity index (χ3n) is 12.9. The normalized spacial score (nSPS) is 20.1. The lowest BCUT2D eigenvalue weighted by molar-refractivity contribution is -0.298. The summed E-state index contributed by atoms with van der Waals surface area (Å²) in [5, 5.41) is 44.8. The van der Waals surface area contributed by atoms with Crippen LogP contribution in [0.2, 0.25) is 0 Å². The number of unbranched alkanes of at least 4 members (excludes halogenated alkanes) is 31. The lowest BCUT2D eigenvalue weighted by atomic mass is 9.99. The molecule has 1 aliphatic rings. The van der Waals surface area contributed by atoms with Crippen molar-refractivity contribution in [1.82, 2.24) is 5.32 Å². The van der Waals surface area contributed by atoms with Crippen LogP contribution in [0.25, 0.3) is 0 Å². The van der Waals surface area contributed by atoms with Crippen LogP contribution in [0.5, 0.6) is 0 Å². The second kappa shape index (κ2) is 44.3. The molecule has 0 aliphatic carbocycles. The fraction of sp³-hybridized carbons (Fsp3) is 0.870. The molecular formula is C54H101NO11S. The molecule has 1 rings (SSSR count). The van der Waals surface area contributed by atoms with Crippen LogP contribution in [0.15, 0.2) is 36.5 Å². The molecular weight excluding hydrogens is 871 g/mol. The van der Waals surface area contributed by atoms with Gasteiger partial charge in [-0.3, -0.25) is 9.35 Å². The van der Waals surface area contributed by atoms with Crippen molar-refractivity contribution in [2.45, 2.75) is 288 Å². The molecule has 7 unspecified atom stereocenters. The van der Waals surface area contributed by atoms with Crippen LogP contribution in [0.1, 0.15) is 245 Å². The van der Waals surface area contributed by atoms with Crippen LogP contribution in [-0.4, -0.2) is 95.4 Å². The van der Waals surface area contributed by atoms with Gasteiger partial charge >= 0.3 is 10.4 Å². The van der Waals surface area contributed by atoms with E-state index in [0.29, 0.717) is 6.42 Å². The topological polar surface area (TPSA) is 192 Å². The van der Waals surface area contributed by atoms with E-state index < -0.39 is 59.9 Å². The molecule has 0 bridgehead atoms. The second-order valence-corrected chi connectivity index (χ2v) is 20.2. The third-order valence-corrected chi connectivity index (χ3v) is 13.4. The molecule has 1 saturated heterocycles. The Kier molecular flexibility index (Phi) is 41.9. The summed E-state index contributed by atoms with van der Waals surface area (Å²) in [7, 11) is -5.09. The van der Waals surface area contributed by atoms with E-state index in [2.05, 4.69) is 47.7 Å². The molecule has 0 aromatic heterocycles. The number of aliphatic hydroxyl groups excluding tert-OH is 4. The molecule has 12 nitrogen and oxygen atoms in total. The molecule has 0 aromatic rings. The van der Waals surface area contributed by atoms with Crippen molar-refractivity contribution in [2.75, 3.05) is 13.2 Å². The van der Waals surface area contributed by atoms with Crippen molar-refractivity contribution in [2.24, 2.45) is 0 Å². The van der Waals surface area contributed by atoms with E-state index in [9.17, 15) is 38.2 Å². The summed E-state index contributed by atoms with van der Waals surface area (Å²) in [6, 6.07) is -0.944. The molecule has 1 amide bonds. The third kappa shape index (κ3) is 36.9. The quantitative estimate of drug-likeness (QED) is 0.0193. The lowest BCUT2D eigenvalue weighted by Gasteiger charge is -2.41. The Morgan fingerprint density at radius 2 is 1.00 bits per heavy atom. The minimum atomic E-state index is -5.09. The van der Waals surface area contributed by atoms with Crippen molar-refractivity contribution in [3.8, 4) is 0 Å². The first kappa shape index (κ1) is 63.3. The summed E-state index contributed by atoms with van der Waals surface area (Å²) >= 11 is 0. The van der Waals surface area contributed by atoms with E-state index in [-0.39, 0.29) is 18.9 Å². The highest BCUT2D eigenvalue weighted by Gasteiger charge is 2.48. The van der Waals surface area contributed by atoms with Gasteiger partial charge in [-0.15, -0.1) is 0 Å². The maximum atomic E-state index is 13.1. The van der Waals surface area contributed by atoms with Crippen LogP contribution >= 0.6 is 0 Å². The molecule has 1 heterocycles. The zero-order valence-corrected chi connectivity index (χ0v) is 43.3. The molecule has 67 heavy (non-hydrogen) atoms. The smallest absolute Gasteiger partial charge is 0.394 e. The van der Waals surface area contributed by atoms with Crippen molar-refractivity contribution in [3.63, 3.8) is 0 Å². The minimum Gasteiger partial charge on any atom is -0.394 e. The molecule has 394 valence electrons. The van der Waals surface area contributed by atoms with E-state index >= 15 is 0 Å². The average Bonchev–Trinajstić information content (AvgIpc) is 3.30. The van der Waals surface area contributed by atoms with Gasteiger partial charge in [0.2, 0.25) is 5.91 Å². The number of rotatable bonds is 47. The molecule has 7 atom stereocenters.